The van der Waals surface area contributed by atoms with Gasteiger partial charge in [0, 0.05) is 19.6 Å². The standard InChI is InChI=1S/C27H31NO2.ClH/c1-28(2)18-24-13-12-23-16-22(14-15-26(23)27(24)30-4)20-10-8-19(9-11-20)21-6-5-7-25(17-21)29-3;/h5-11,14-17,24,27H,12-13,18H2,1-4H3;1H. The summed E-state index contributed by atoms with van der Waals surface area (Å²) in [6.07, 6.45) is 2.46. The van der Waals surface area contributed by atoms with Gasteiger partial charge in [-0.3, -0.25) is 0 Å². The molecule has 3 aromatic carbocycles. The van der Waals surface area contributed by atoms with Crippen LogP contribution in [0, 0.1) is 5.92 Å². The van der Waals surface area contributed by atoms with Gasteiger partial charge in [0.05, 0.1) is 13.2 Å². The molecule has 31 heavy (non-hydrogen) atoms. The van der Waals surface area contributed by atoms with Gasteiger partial charge in [0.25, 0.3) is 0 Å². The topological polar surface area (TPSA) is 21.7 Å². The van der Waals surface area contributed by atoms with E-state index in [-0.39, 0.29) is 18.5 Å². The summed E-state index contributed by atoms with van der Waals surface area (Å²) in [6.45, 7) is 1.06. The molecule has 0 saturated heterocycles. The minimum atomic E-state index is 0. The van der Waals surface area contributed by atoms with E-state index in [0.717, 1.165) is 18.7 Å². The van der Waals surface area contributed by atoms with Crippen LogP contribution in [-0.2, 0) is 11.2 Å². The number of nitrogens with zero attached hydrogens (tertiary/aromatic N) is 1. The lowest BCUT2D eigenvalue weighted by Gasteiger charge is -2.34. The van der Waals surface area contributed by atoms with Crippen molar-refractivity contribution < 1.29 is 9.47 Å². The molecule has 0 saturated carbocycles. The molecule has 1 aliphatic rings. The highest BCUT2D eigenvalue weighted by atomic mass is 35.5. The molecule has 4 heteroatoms. The van der Waals surface area contributed by atoms with Crippen LogP contribution in [0.1, 0.15) is 23.7 Å². The third kappa shape index (κ3) is 5.12. The molecule has 3 nitrogen and oxygen atoms in total. The number of hydrogen-bond acceptors (Lipinski definition) is 3. The maximum atomic E-state index is 5.92. The molecule has 0 aromatic heterocycles. The van der Waals surface area contributed by atoms with Crippen molar-refractivity contribution in [3.8, 4) is 28.0 Å². The van der Waals surface area contributed by atoms with Crippen LogP contribution in [0.3, 0.4) is 0 Å². The smallest absolute Gasteiger partial charge is 0.119 e. The third-order valence-electron chi connectivity index (χ3n) is 6.14. The second kappa shape index (κ2) is 10.3. The van der Waals surface area contributed by atoms with Crippen molar-refractivity contribution in [2.24, 2.45) is 5.92 Å². The Bertz CT molecular complexity index is 1000. The normalized spacial score (nSPS) is 17.7. The predicted octanol–water partition coefficient (Wildman–Crippen LogP) is 6.26. The maximum Gasteiger partial charge on any atom is 0.119 e. The van der Waals surface area contributed by atoms with E-state index < -0.39 is 0 Å². The van der Waals surface area contributed by atoms with Gasteiger partial charge in [-0.1, -0.05) is 54.6 Å². The van der Waals surface area contributed by atoms with Crippen molar-refractivity contribution in [3.05, 3.63) is 77.9 Å². The first-order chi connectivity index (χ1) is 14.6. The third-order valence-corrected chi connectivity index (χ3v) is 6.14. The molecule has 2 unspecified atom stereocenters. The number of ether oxygens (including phenoxy) is 2. The summed E-state index contributed by atoms with van der Waals surface area (Å²) in [5.41, 5.74) is 7.65. The van der Waals surface area contributed by atoms with Gasteiger partial charge in [0.1, 0.15) is 5.75 Å². The molecule has 0 heterocycles. The average Bonchev–Trinajstić information content (AvgIpc) is 2.78. The van der Waals surface area contributed by atoms with Crippen molar-refractivity contribution in [3.63, 3.8) is 0 Å². The van der Waals surface area contributed by atoms with E-state index in [1.54, 1.807) is 7.11 Å². The molecular weight excluding hydrogens is 406 g/mol. The molecule has 2 atom stereocenters. The van der Waals surface area contributed by atoms with Gasteiger partial charge >= 0.3 is 0 Å². The Kier molecular flexibility index (Phi) is 7.77. The number of fused-ring (bicyclic) bond motifs is 1. The first-order valence-electron chi connectivity index (χ1n) is 10.6. The minimum absolute atomic E-state index is 0. The van der Waals surface area contributed by atoms with Crippen LogP contribution in [0.4, 0.5) is 0 Å². The van der Waals surface area contributed by atoms with Crippen molar-refractivity contribution in [1.82, 2.24) is 4.90 Å². The molecule has 0 N–H and O–H groups in total. The van der Waals surface area contributed by atoms with Crippen LogP contribution in [0.2, 0.25) is 0 Å². The van der Waals surface area contributed by atoms with Crippen molar-refractivity contribution in [1.29, 1.82) is 0 Å². The van der Waals surface area contributed by atoms with E-state index in [1.807, 2.05) is 19.2 Å². The van der Waals surface area contributed by atoms with Crippen molar-refractivity contribution >= 4 is 12.4 Å². The molecule has 3 aromatic rings. The largest absolute Gasteiger partial charge is 0.497 e. The summed E-state index contributed by atoms with van der Waals surface area (Å²) >= 11 is 0. The molecule has 0 radical (unpaired) electrons. The van der Waals surface area contributed by atoms with E-state index in [1.165, 1.54) is 39.8 Å². The number of aryl methyl sites for hydroxylation is 1. The Balaban J connectivity index is 0.00000272. The number of benzene rings is 3. The lowest BCUT2D eigenvalue weighted by Crippen LogP contribution is -2.31. The summed E-state index contributed by atoms with van der Waals surface area (Å²) in [6, 6.07) is 23.9. The molecule has 0 aliphatic heterocycles. The zero-order valence-corrected chi connectivity index (χ0v) is 19.6. The highest BCUT2D eigenvalue weighted by Gasteiger charge is 2.30. The van der Waals surface area contributed by atoms with E-state index in [0.29, 0.717) is 5.92 Å². The van der Waals surface area contributed by atoms with Crippen LogP contribution in [-0.4, -0.2) is 39.8 Å². The fraction of sp³-hybridized carbons (Fsp3) is 0.333. The summed E-state index contributed by atoms with van der Waals surface area (Å²) < 4.78 is 11.3. The van der Waals surface area contributed by atoms with Crippen LogP contribution < -0.4 is 4.74 Å². The lowest BCUT2D eigenvalue weighted by atomic mass is 9.80. The zero-order chi connectivity index (χ0) is 21.1. The Morgan fingerprint density at radius 1 is 0.839 bits per heavy atom. The minimum Gasteiger partial charge on any atom is -0.497 e. The van der Waals surface area contributed by atoms with Gasteiger partial charge in [-0.05, 0) is 72.5 Å². The number of halogens is 1. The Hall–Kier alpha value is -2.33. The highest BCUT2D eigenvalue weighted by Crippen LogP contribution is 2.39. The first kappa shape index (κ1) is 23.3. The zero-order valence-electron chi connectivity index (χ0n) is 18.8. The molecule has 0 spiro atoms. The van der Waals surface area contributed by atoms with Crippen LogP contribution in [0.25, 0.3) is 22.3 Å². The highest BCUT2D eigenvalue weighted by molar-refractivity contribution is 5.85. The van der Waals surface area contributed by atoms with Gasteiger partial charge < -0.3 is 14.4 Å². The fourth-order valence-corrected chi connectivity index (χ4v) is 4.66. The first-order valence-corrected chi connectivity index (χ1v) is 10.6. The molecule has 0 bridgehead atoms. The van der Waals surface area contributed by atoms with Crippen LogP contribution in [0.5, 0.6) is 5.75 Å². The number of methoxy groups -OCH3 is 2. The van der Waals surface area contributed by atoms with Crippen LogP contribution >= 0.6 is 12.4 Å². The Morgan fingerprint density at radius 2 is 1.48 bits per heavy atom. The second-order valence-corrected chi connectivity index (χ2v) is 8.44. The van der Waals surface area contributed by atoms with Gasteiger partial charge in [0.2, 0.25) is 0 Å². The Labute approximate surface area is 192 Å². The predicted molar refractivity (Wildman–Crippen MR) is 131 cm³/mol. The van der Waals surface area contributed by atoms with E-state index in [9.17, 15) is 0 Å². The van der Waals surface area contributed by atoms with E-state index in [4.69, 9.17) is 9.47 Å². The molecular formula is C27H32ClNO2. The number of hydrogen-bond donors (Lipinski definition) is 0. The van der Waals surface area contributed by atoms with Crippen LogP contribution in [0.15, 0.2) is 66.7 Å². The summed E-state index contributed by atoms with van der Waals surface area (Å²) in [4.78, 5) is 2.26. The average molecular weight is 438 g/mol. The lowest BCUT2D eigenvalue weighted by molar-refractivity contribution is 0.0299. The maximum absolute atomic E-state index is 5.92. The summed E-state index contributed by atoms with van der Waals surface area (Å²) in [7, 11) is 7.82. The summed E-state index contributed by atoms with van der Waals surface area (Å²) in [5, 5.41) is 0. The molecule has 1 aliphatic carbocycles. The molecule has 0 fully saturated rings. The molecule has 0 amide bonds. The molecule has 4 rings (SSSR count). The summed E-state index contributed by atoms with van der Waals surface area (Å²) in [5.74, 6) is 1.43. The van der Waals surface area contributed by atoms with Crippen molar-refractivity contribution in [2.75, 3.05) is 34.9 Å². The van der Waals surface area contributed by atoms with E-state index in [2.05, 4.69) is 73.6 Å². The SMILES string of the molecule is COc1cccc(-c2ccc(-c3ccc4c(c3)CCC(CN(C)C)C4OC)cc2)c1.Cl. The van der Waals surface area contributed by atoms with Gasteiger partial charge in [-0.2, -0.15) is 0 Å². The van der Waals surface area contributed by atoms with Gasteiger partial charge in [0.15, 0.2) is 0 Å². The van der Waals surface area contributed by atoms with Crippen molar-refractivity contribution in [2.45, 2.75) is 18.9 Å². The fourth-order valence-electron chi connectivity index (χ4n) is 4.66. The van der Waals surface area contributed by atoms with Gasteiger partial charge in [-0.25, -0.2) is 0 Å². The quantitative estimate of drug-likeness (QED) is 0.454. The van der Waals surface area contributed by atoms with E-state index >= 15 is 0 Å². The Morgan fingerprint density at radius 3 is 2.10 bits per heavy atom. The van der Waals surface area contributed by atoms with Gasteiger partial charge in [-0.15, -0.1) is 12.4 Å². The molecule has 164 valence electrons. The second-order valence-electron chi connectivity index (χ2n) is 8.44. The number of rotatable bonds is 6. The monoisotopic (exact) mass is 437 g/mol.